The maximum atomic E-state index is 11.7. The van der Waals surface area contributed by atoms with Crippen molar-refractivity contribution in [1.82, 2.24) is 0 Å². The summed E-state index contributed by atoms with van der Waals surface area (Å²) < 4.78 is 24.5. The van der Waals surface area contributed by atoms with Crippen LogP contribution in [0.5, 0.6) is 0 Å². The van der Waals surface area contributed by atoms with Gasteiger partial charge in [-0.05, 0) is 40.8 Å². The molecule has 2 aliphatic heterocycles. The molecule has 2 aliphatic rings. The van der Waals surface area contributed by atoms with Gasteiger partial charge in [0.25, 0.3) is 0 Å². The van der Waals surface area contributed by atoms with Crippen molar-refractivity contribution in [3.8, 4) is 0 Å². The number of fused-ring (bicyclic) bond motifs is 1. The summed E-state index contributed by atoms with van der Waals surface area (Å²) in [5.74, 6) is 0.365. The molecule has 1 N–H and O–H groups in total. The molecule has 0 aromatic heterocycles. The number of nitrogens with one attached hydrogen (secondary N) is 1. The van der Waals surface area contributed by atoms with Gasteiger partial charge in [0, 0.05) is 14.5 Å². The molecule has 0 bridgehead atoms. The lowest BCUT2D eigenvalue weighted by Gasteiger charge is -2.23. The van der Waals surface area contributed by atoms with Gasteiger partial charge in [0.15, 0.2) is 15.0 Å². The molecule has 0 unspecified atom stereocenters. The zero-order chi connectivity index (χ0) is 12.9. The van der Waals surface area contributed by atoms with E-state index in [4.69, 9.17) is 5.41 Å². The molecule has 18 heavy (non-hydrogen) atoms. The molecule has 0 amide bonds. The summed E-state index contributed by atoms with van der Waals surface area (Å²) >= 11 is 3.60. The van der Waals surface area contributed by atoms with Gasteiger partial charge in [0.1, 0.15) is 0 Å². The Bertz CT molecular complexity index is 617. The summed E-state index contributed by atoms with van der Waals surface area (Å²) in [5, 5.41) is 8.51. The van der Waals surface area contributed by atoms with Gasteiger partial charge in [-0.15, -0.1) is 0 Å². The molecule has 1 aromatic carbocycles. The number of hydrogen-bond donors (Lipinski definition) is 1. The summed E-state index contributed by atoms with van der Waals surface area (Å²) in [5.41, 5.74) is 0.920. The molecule has 4 nitrogen and oxygen atoms in total. The minimum atomic E-state index is -2.94. The van der Waals surface area contributed by atoms with Gasteiger partial charge in [0.2, 0.25) is 0 Å². The van der Waals surface area contributed by atoms with E-state index >= 15 is 0 Å². The van der Waals surface area contributed by atoms with Crippen LogP contribution in [-0.2, 0) is 9.84 Å². The van der Waals surface area contributed by atoms with Crippen LogP contribution in [-0.4, -0.2) is 36.4 Å². The quantitative estimate of drug-likeness (QED) is 0.740. The minimum Gasteiger partial charge on any atom is -0.316 e. The van der Waals surface area contributed by atoms with Crippen molar-refractivity contribution in [2.24, 2.45) is 0 Å². The molecule has 96 valence electrons. The number of rotatable bonds is 1. The Morgan fingerprint density at radius 2 is 2.17 bits per heavy atom. The number of amidine groups is 1. The molecule has 0 radical (unpaired) electrons. The first-order valence-electron chi connectivity index (χ1n) is 5.47. The Morgan fingerprint density at radius 3 is 2.89 bits per heavy atom. The summed E-state index contributed by atoms with van der Waals surface area (Å²) in [7, 11) is -2.94. The second-order valence-electron chi connectivity index (χ2n) is 4.46. The molecule has 0 spiro atoms. The van der Waals surface area contributed by atoms with Gasteiger partial charge in [0.05, 0.1) is 17.5 Å². The van der Waals surface area contributed by atoms with Gasteiger partial charge in [-0.25, -0.2) is 8.42 Å². The van der Waals surface area contributed by atoms with Crippen molar-refractivity contribution >= 4 is 55.0 Å². The first-order valence-corrected chi connectivity index (χ1v) is 9.25. The fourth-order valence-corrected chi connectivity index (χ4v) is 6.76. The van der Waals surface area contributed by atoms with Crippen LogP contribution < -0.4 is 4.90 Å². The van der Waals surface area contributed by atoms with E-state index in [1.165, 1.54) is 11.8 Å². The first kappa shape index (κ1) is 12.7. The van der Waals surface area contributed by atoms with E-state index in [0.717, 1.165) is 9.26 Å². The van der Waals surface area contributed by atoms with E-state index in [-0.39, 0.29) is 22.8 Å². The molecular formula is C11H11IN2O2S2. The summed E-state index contributed by atoms with van der Waals surface area (Å²) in [6.07, 6.45) is 0. The highest BCUT2D eigenvalue weighted by Gasteiger charge is 2.48. The van der Waals surface area contributed by atoms with Crippen molar-refractivity contribution < 1.29 is 8.42 Å². The van der Waals surface area contributed by atoms with Crippen molar-refractivity contribution in [2.45, 2.75) is 11.3 Å². The second kappa shape index (κ2) is 4.38. The van der Waals surface area contributed by atoms with Crippen LogP contribution in [0.25, 0.3) is 0 Å². The average molecular weight is 394 g/mol. The predicted octanol–water partition coefficient (Wildman–Crippen LogP) is 1.94. The minimum absolute atomic E-state index is 0.0142. The SMILES string of the molecule is N=C1S[C@@H]2CS(=O)(=O)C[C@@H]2N1c1cccc(I)c1. The topological polar surface area (TPSA) is 61.2 Å². The molecule has 1 aromatic rings. The highest BCUT2D eigenvalue weighted by Crippen LogP contribution is 2.40. The number of thioether (sulfide) groups is 1. The van der Waals surface area contributed by atoms with Crippen molar-refractivity contribution in [3.63, 3.8) is 0 Å². The van der Waals surface area contributed by atoms with Crippen LogP contribution in [0.4, 0.5) is 5.69 Å². The van der Waals surface area contributed by atoms with Crippen LogP contribution >= 0.6 is 34.4 Å². The van der Waals surface area contributed by atoms with Crippen LogP contribution in [0, 0.1) is 8.98 Å². The zero-order valence-electron chi connectivity index (χ0n) is 9.34. The third kappa shape index (κ3) is 2.16. The smallest absolute Gasteiger partial charge is 0.161 e. The zero-order valence-corrected chi connectivity index (χ0v) is 13.1. The number of sulfone groups is 1. The molecule has 7 heteroatoms. The van der Waals surface area contributed by atoms with Gasteiger partial charge in [-0.1, -0.05) is 17.8 Å². The van der Waals surface area contributed by atoms with Crippen molar-refractivity contribution in [3.05, 3.63) is 27.8 Å². The fraction of sp³-hybridized carbons (Fsp3) is 0.364. The molecule has 0 saturated carbocycles. The monoisotopic (exact) mass is 394 g/mol. The van der Waals surface area contributed by atoms with Crippen LogP contribution in [0.1, 0.15) is 0 Å². The van der Waals surface area contributed by atoms with E-state index in [1.54, 1.807) is 0 Å². The standard InChI is InChI=1S/C11H11IN2O2S2/c12-7-2-1-3-8(4-7)14-9-5-18(15,16)6-10(9)17-11(14)13/h1-4,9-10,13H,5-6H2/t9-,10+/m0/s1. The summed E-state index contributed by atoms with van der Waals surface area (Å²) in [4.78, 5) is 1.86. The molecule has 2 atom stereocenters. The number of benzene rings is 1. The van der Waals surface area contributed by atoms with E-state index < -0.39 is 9.84 Å². The van der Waals surface area contributed by atoms with Gasteiger partial charge >= 0.3 is 0 Å². The first-order chi connectivity index (χ1) is 8.46. The fourth-order valence-electron chi connectivity index (χ4n) is 2.44. The number of anilines is 1. The van der Waals surface area contributed by atoms with E-state index in [0.29, 0.717) is 5.17 Å². The van der Waals surface area contributed by atoms with Gasteiger partial charge in [-0.3, -0.25) is 5.41 Å². The Hall–Kier alpha value is -0.280. The Morgan fingerprint density at radius 1 is 1.39 bits per heavy atom. The maximum absolute atomic E-state index is 11.7. The lowest BCUT2D eigenvalue weighted by molar-refractivity contribution is 0.601. The Labute approximate surface area is 124 Å². The maximum Gasteiger partial charge on any atom is 0.161 e. The molecule has 2 fully saturated rings. The van der Waals surface area contributed by atoms with E-state index in [1.807, 2.05) is 29.2 Å². The van der Waals surface area contributed by atoms with Crippen LogP contribution in [0.3, 0.4) is 0 Å². The van der Waals surface area contributed by atoms with Crippen LogP contribution in [0.15, 0.2) is 24.3 Å². The van der Waals surface area contributed by atoms with Crippen molar-refractivity contribution in [2.75, 3.05) is 16.4 Å². The molecule has 2 saturated heterocycles. The molecular weight excluding hydrogens is 383 g/mol. The highest BCUT2D eigenvalue weighted by molar-refractivity contribution is 14.1. The molecule has 3 rings (SSSR count). The largest absolute Gasteiger partial charge is 0.316 e. The lowest BCUT2D eigenvalue weighted by atomic mass is 10.2. The third-order valence-electron chi connectivity index (χ3n) is 3.17. The average Bonchev–Trinajstić information content (AvgIpc) is 2.68. The van der Waals surface area contributed by atoms with Crippen LogP contribution in [0.2, 0.25) is 0 Å². The predicted molar refractivity (Wildman–Crippen MR) is 83.2 cm³/mol. The lowest BCUT2D eigenvalue weighted by Crippen LogP contribution is -2.37. The van der Waals surface area contributed by atoms with Gasteiger partial charge in [-0.2, -0.15) is 0 Å². The summed E-state index contributed by atoms with van der Waals surface area (Å²) in [6, 6.07) is 7.77. The normalized spacial score (nSPS) is 29.6. The highest BCUT2D eigenvalue weighted by atomic mass is 127. The number of nitrogens with zero attached hydrogens (tertiary/aromatic N) is 1. The van der Waals surface area contributed by atoms with Gasteiger partial charge < -0.3 is 4.90 Å². The number of halogens is 1. The summed E-state index contributed by atoms with van der Waals surface area (Å²) in [6.45, 7) is 0. The van der Waals surface area contributed by atoms with Crippen molar-refractivity contribution in [1.29, 1.82) is 5.41 Å². The van der Waals surface area contributed by atoms with E-state index in [9.17, 15) is 8.42 Å². The molecule has 0 aliphatic carbocycles. The second-order valence-corrected chi connectivity index (χ2v) is 9.08. The Balaban J connectivity index is 1.99. The molecule has 2 heterocycles. The number of hydrogen-bond acceptors (Lipinski definition) is 4. The van der Waals surface area contributed by atoms with E-state index in [2.05, 4.69) is 22.6 Å². The Kier molecular flexibility index (Phi) is 3.10. The third-order valence-corrected chi connectivity index (χ3v) is 6.97.